The molecule has 0 spiro atoms. The standard InChI is InChI=1S/C31H33FN6O/c1-31(2,3)25-9-8-23(19-39)20(14-25)11-13-37(4)17-22-7-6-21(15-27(22)32)26-10-12-33-30-28(26)35-29(36-30)24-16-34-38(5)18-24/h6-10,12,14-16,18-19H,11,13,17H2,1-5H3,(H,33,35,36). The summed E-state index contributed by atoms with van der Waals surface area (Å²) in [5.74, 6) is 0.405. The number of nitrogens with one attached hydrogen (secondary N) is 1. The highest BCUT2D eigenvalue weighted by Gasteiger charge is 2.17. The predicted molar refractivity (Wildman–Crippen MR) is 152 cm³/mol. The van der Waals surface area contributed by atoms with E-state index in [0.717, 1.165) is 34.1 Å². The molecule has 0 saturated carbocycles. The largest absolute Gasteiger partial charge is 0.336 e. The molecule has 0 saturated heterocycles. The normalized spacial score (nSPS) is 12.0. The van der Waals surface area contributed by atoms with Crippen LogP contribution in [0.1, 0.15) is 47.8 Å². The number of halogens is 1. The first-order chi connectivity index (χ1) is 18.6. The molecule has 1 N–H and O–H groups in total. The minimum atomic E-state index is -0.264. The number of pyridine rings is 1. The van der Waals surface area contributed by atoms with Gasteiger partial charge in [-0.2, -0.15) is 5.10 Å². The van der Waals surface area contributed by atoms with Crippen LogP contribution in [0.4, 0.5) is 4.39 Å². The van der Waals surface area contributed by atoms with E-state index in [9.17, 15) is 4.79 Å². The van der Waals surface area contributed by atoms with E-state index in [1.807, 2.05) is 50.6 Å². The number of nitrogens with zero attached hydrogens (tertiary/aromatic N) is 5. The van der Waals surface area contributed by atoms with Crippen molar-refractivity contribution in [2.45, 2.75) is 39.2 Å². The fourth-order valence-electron chi connectivity index (χ4n) is 4.76. The minimum absolute atomic E-state index is 0.00381. The fourth-order valence-corrected chi connectivity index (χ4v) is 4.76. The Labute approximate surface area is 227 Å². The Morgan fingerprint density at radius 2 is 1.90 bits per heavy atom. The number of H-pyrrole nitrogens is 1. The molecule has 8 heteroatoms. The first-order valence-electron chi connectivity index (χ1n) is 13.0. The number of rotatable bonds is 8. The Balaban J connectivity index is 1.32. The Bertz CT molecular complexity index is 1640. The van der Waals surface area contributed by atoms with E-state index in [-0.39, 0.29) is 11.2 Å². The van der Waals surface area contributed by atoms with Gasteiger partial charge in [0.15, 0.2) is 5.65 Å². The Hall–Kier alpha value is -4.17. The van der Waals surface area contributed by atoms with E-state index in [4.69, 9.17) is 0 Å². The van der Waals surface area contributed by atoms with E-state index < -0.39 is 0 Å². The molecule has 3 aromatic heterocycles. The molecule has 5 aromatic rings. The number of benzene rings is 2. The van der Waals surface area contributed by atoms with Crippen LogP contribution in [0.2, 0.25) is 0 Å². The molecule has 0 fully saturated rings. The third-order valence-corrected chi connectivity index (χ3v) is 7.07. The molecule has 0 bridgehead atoms. The van der Waals surface area contributed by atoms with E-state index in [2.05, 4.69) is 51.8 Å². The van der Waals surface area contributed by atoms with Crippen molar-refractivity contribution in [2.24, 2.45) is 7.05 Å². The molecule has 0 amide bonds. The van der Waals surface area contributed by atoms with E-state index >= 15 is 4.39 Å². The molecule has 0 unspecified atom stereocenters. The Morgan fingerprint density at radius 3 is 2.59 bits per heavy atom. The fraction of sp³-hybridized carbons (Fsp3) is 0.290. The third kappa shape index (κ3) is 5.66. The lowest BCUT2D eigenvalue weighted by Crippen LogP contribution is -2.22. The van der Waals surface area contributed by atoms with Gasteiger partial charge in [0.25, 0.3) is 0 Å². The van der Waals surface area contributed by atoms with Gasteiger partial charge in [0.1, 0.15) is 17.9 Å². The molecule has 0 atom stereocenters. The van der Waals surface area contributed by atoms with Crippen molar-refractivity contribution in [3.05, 3.63) is 89.1 Å². The zero-order chi connectivity index (χ0) is 27.7. The number of likely N-dealkylation sites (N-methyl/N-ethyl adjacent to an activating group) is 1. The summed E-state index contributed by atoms with van der Waals surface area (Å²) in [6.07, 6.45) is 6.93. The quantitative estimate of drug-likeness (QED) is 0.254. The Kier molecular flexibility index (Phi) is 7.14. The van der Waals surface area contributed by atoms with Crippen LogP contribution >= 0.6 is 0 Å². The highest BCUT2D eigenvalue weighted by Crippen LogP contribution is 2.30. The van der Waals surface area contributed by atoms with Crippen molar-refractivity contribution in [2.75, 3.05) is 13.6 Å². The summed E-state index contributed by atoms with van der Waals surface area (Å²) >= 11 is 0. The van der Waals surface area contributed by atoms with Crippen molar-refractivity contribution in [1.29, 1.82) is 0 Å². The number of aryl methyl sites for hydroxylation is 1. The van der Waals surface area contributed by atoms with Gasteiger partial charge in [0.05, 0.1) is 17.3 Å². The predicted octanol–water partition coefficient (Wildman–Crippen LogP) is 5.95. The minimum Gasteiger partial charge on any atom is -0.336 e. The highest BCUT2D eigenvalue weighted by atomic mass is 19.1. The van der Waals surface area contributed by atoms with Crippen LogP contribution in [0, 0.1) is 5.82 Å². The molecule has 5 rings (SSSR count). The third-order valence-electron chi connectivity index (χ3n) is 7.07. The number of hydrogen-bond acceptors (Lipinski definition) is 5. The SMILES string of the molecule is CN(CCc1cc(C(C)(C)C)ccc1C=O)Cc1ccc(-c2ccnc3nc(-c4cnn(C)c4)[nH]c23)cc1F. The summed E-state index contributed by atoms with van der Waals surface area (Å²) in [7, 11) is 3.82. The second-order valence-electron chi connectivity index (χ2n) is 11.1. The molecule has 39 heavy (non-hydrogen) atoms. The maximum Gasteiger partial charge on any atom is 0.178 e. The smallest absolute Gasteiger partial charge is 0.178 e. The van der Waals surface area contributed by atoms with Gasteiger partial charge in [0.2, 0.25) is 0 Å². The lowest BCUT2D eigenvalue weighted by Gasteiger charge is -2.22. The number of imidazole rings is 1. The Morgan fingerprint density at radius 1 is 1.08 bits per heavy atom. The van der Waals surface area contributed by atoms with Gasteiger partial charge >= 0.3 is 0 Å². The molecule has 7 nitrogen and oxygen atoms in total. The van der Waals surface area contributed by atoms with Crippen molar-refractivity contribution in [1.82, 2.24) is 29.6 Å². The summed E-state index contributed by atoms with van der Waals surface area (Å²) in [5.41, 5.74) is 7.32. The molecule has 0 radical (unpaired) electrons. The highest BCUT2D eigenvalue weighted by molar-refractivity contribution is 5.91. The topological polar surface area (TPSA) is 79.7 Å². The van der Waals surface area contributed by atoms with Gasteiger partial charge < -0.3 is 9.88 Å². The lowest BCUT2D eigenvalue weighted by atomic mass is 9.85. The van der Waals surface area contributed by atoms with Crippen LogP contribution in [0.15, 0.2) is 61.1 Å². The van der Waals surface area contributed by atoms with Gasteiger partial charge in [-0.25, -0.2) is 14.4 Å². The summed E-state index contributed by atoms with van der Waals surface area (Å²) in [4.78, 5) is 26.0. The van der Waals surface area contributed by atoms with Gasteiger partial charge in [-0.1, -0.05) is 51.1 Å². The first-order valence-corrected chi connectivity index (χ1v) is 13.0. The second-order valence-corrected chi connectivity index (χ2v) is 11.1. The summed E-state index contributed by atoms with van der Waals surface area (Å²) < 4.78 is 17.0. The number of aromatic amines is 1. The first kappa shape index (κ1) is 26.4. The van der Waals surface area contributed by atoms with Gasteiger partial charge in [-0.3, -0.25) is 9.48 Å². The molecular formula is C31H33FN6O. The van der Waals surface area contributed by atoms with Crippen LogP contribution in [-0.2, 0) is 25.4 Å². The summed E-state index contributed by atoms with van der Waals surface area (Å²) in [6.45, 7) is 7.64. The van der Waals surface area contributed by atoms with Gasteiger partial charge in [-0.05, 0) is 47.7 Å². The van der Waals surface area contributed by atoms with Gasteiger partial charge in [0, 0.05) is 49.2 Å². The molecule has 200 valence electrons. The van der Waals surface area contributed by atoms with Crippen LogP contribution in [0.25, 0.3) is 33.7 Å². The number of aromatic nitrogens is 5. The van der Waals surface area contributed by atoms with Crippen molar-refractivity contribution in [3.8, 4) is 22.5 Å². The monoisotopic (exact) mass is 524 g/mol. The van der Waals surface area contributed by atoms with Crippen LogP contribution in [0.3, 0.4) is 0 Å². The summed E-state index contributed by atoms with van der Waals surface area (Å²) in [6, 6.07) is 13.2. The zero-order valence-electron chi connectivity index (χ0n) is 23.0. The summed E-state index contributed by atoms with van der Waals surface area (Å²) in [5, 5.41) is 4.21. The molecule has 3 heterocycles. The average molecular weight is 525 g/mol. The van der Waals surface area contributed by atoms with Crippen LogP contribution in [0.5, 0.6) is 0 Å². The van der Waals surface area contributed by atoms with Gasteiger partial charge in [-0.15, -0.1) is 0 Å². The molecule has 2 aromatic carbocycles. The van der Waals surface area contributed by atoms with Crippen molar-refractivity contribution < 1.29 is 9.18 Å². The van der Waals surface area contributed by atoms with Crippen LogP contribution in [-0.4, -0.2) is 49.5 Å². The maximum atomic E-state index is 15.3. The number of hydrogen-bond donors (Lipinski definition) is 1. The number of aldehydes is 1. The zero-order valence-corrected chi connectivity index (χ0v) is 23.0. The number of carbonyl (C=O) groups is 1. The van der Waals surface area contributed by atoms with E-state index in [0.29, 0.717) is 42.1 Å². The number of fused-ring (bicyclic) bond motifs is 1. The number of carbonyl (C=O) groups excluding carboxylic acids is 1. The second kappa shape index (κ2) is 10.5. The molecule has 0 aliphatic heterocycles. The van der Waals surface area contributed by atoms with E-state index in [1.165, 1.54) is 5.56 Å². The van der Waals surface area contributed by atoms with E-state index in [1.54, 1.807) is 23.1 Å². The average Bonchev–Trinajstić information content (AvgIpc) is 3.54. The lowest BCUT2D eigenvalue weighted by molar-refractivity contribution is 0.112. The molecule has 0 aliphatic carbocycles. The molecular weight excluding hydrogens is 491 g/mol. The maximum absolute atomic E-state index is 15.3. The van der Waals surface area contributed by atoms with Crippen molar-refractivity contribution in [3.63, 3.8) is 0 Å². The molecule has 0 aliphatic rings. The van der Waals surface area contributed by atoms with Crippen LogP contribution < -0.4 is 0 Å². The van der Waals surface area contributed by atoms with Crippen molar-refractivity contribution >= 4 is 17.5 Å².